The molecule has 0 bridgehead atoms. The summed E-state index contributed by atoms with van der Waals surface area (Å²) in [4.78, 5) is 29.8. The number of ether oxygens (including phenoxy) is 1. The van der Waals surface area contributed by atoms with Crippen molar-refractivity contribution in [3.63, 3.8) is 0 Å². The van der Waals surface area contributed by atoms with Gasteiger partial charge in [0.1, 0.15) is 5.75 Å². The van der Waals surface area contributed by atoms with Gasteiger partial charge < -0.3 is 9.84 Å². The molecule has 172 valence electrons. The number of carboxylic acids is 1. The van der Waals surface area contributed by atoms with Crippen LogP contribution in [0.15, 0.2) is 54.7 Å². The second-order valence-electron chi connectivity index (χ2n) is 7.92. The lowest BCUT2D eigenvalue weighted by molar-refractivity contribution is -0.131. The van der Waals surface area contributed by atoms with E-state index in [1.54, 1.807) is 32.5 Å². The van der Waals surface area contributed by atoms with Gasteiger partial charge in [0.15, 0.2) is 5.82 Å². The molecule has 1 atom stereocenters. The zero-order valence-corrected chi connectivity index (χ0v) is 19.1. The van der Waals surface area contributed by atoms with E-state index in [1.807, 2.05) is 44.2 Å². The van der Waals surface area contributed by atoms with Crippen molar-refractivity contribution in [3.05, 3.63) is 66.0 Å². The van der Waals surface area contributed by atoms with Crippen molar-refractivity contribution in [1.29, 1.82) is 0 Å². The van der Waals surface area contributed by atoms with Crippen molar-refractivity contribution in [3.8, 4) is 17.0 Å². The van der Waals surface area contributed by atoms with E-state index in [1.165, 1.54) is 15.7 Å². The summed E-state index contributed by atoms with van der Waals surface area (Å²) in [5, 5.41) is 13.3. The second kappa shape index (κ2) is 10.6. The molecular formula is C25H28N4O4. The zero-order chi connectivity index (χ0) is 24.8. The molecule has 0 saturated carbocycles. The standard InChI is InChI=1S/C25H28N4O4/c1-17(2)13-24(30)29(23-14-20(28(3)27-23)8-12-25(31)32)16-18-5-11-22(26-15-18)19-6-9-21(33-4)10-7-19/h5-12,14-15,17H,13,16H2,1-4H3,(H,31,32)/i16D. The normalized spacial score (nSPS) is 12.6. The van der Waals surface area contributed by atoms with E-state index in [-0.39, 0.29) is 24.1 Å². The molecule has 2 aromatic heterocycles. The topological polar surface area (TPSA) is 97.5 Å². The van der Waals surface area contributed by atoms with E-state index in [0.29, 0.717) is 11.3 Å². The van der Waals surface area contributed by atoms with Gasteiger partial charge in [-0.25, -0.2) is 4.79 Å². The molecule has 8 heteroatoms. The minimum Gasteiger partial charge on any atom is -0.497 e. The van der Waals surface area contributed by atoms with Crippen LogP contribution >= 0.6 is 0 Å². The second-order valence-corrected chi connectivity index (χ2v) is 7.92. The number of aromatic nitrogens is 3. The quantitative estimate of drug-likeness (QED) is 0.493. The number of rotatable bonds is 9. The van der Waals surface area contributed by atoms with Crippen LogP contribution in [0, 0.1) is 5.92 Å². The van der Waals surface area contributed by atoms with Gasteiger partial charge in [0.2, 0.25) is 5.91 Å². The summed E-state index contributed by atoms with van der Waals surface area (Å²) in [7, 11) is 3.26. The fourth-order valence-corrected chi connectivity index (χ4v) is 3.17. The van der Waals surface area contributed by atoms with Gasteiger partial charge in [0.25, 0.3) is 0 Å². The van der Waals surface area contributed by atoms with Crippen LogP contribution in [0.1, 0.15) is 32.9 Å². The summed E-state index contributed by atoms with van der Waals surface area (Å²) in [5.74, 6) is -0.220. The third kappa shape index (κ3) is 6.29. The molecule has 8 nitrogen and oxygen atoms in total. The number of aryl methyl sites for hydroxylation is 1. The number of nitrogens with zero attached hydrogens (tertiary/aromatic N) is 4. The summed E-state index contributed by atoms with van der Waals surface area (Å²) in [6, 6.07) is 12.7. The number of carboxylic acid groups (broad SMARTS) is 1. The van der Waals surface area contributed by atoms with Crippen molar-refractivity contribution < 1.29 is 20.8 Å². The Kier molecular flexibility index (Phi) is 7.14. The molecule has 0 spiro atoms. The lowest BCUT2D eigenvalue weighted by Gasteiger charge is -2.21. The highest BCUT2D eigenvalue weighted by Crippen LogP contribution is 2.23. The Bertz CT molecular complexity index is 1170. The summed E-state index contributed by atoms with van der Waals surface area (Å²) in [6.07, 6.45) is 4.22. The summed E-state index contributed by atoms with van der Waals surface area (Å²) in [5.41, 5.74) is 2.67. The van der Waals surface area contributed by atoms with E-state index in [0.717, 1.165) is 23.1 Å². The SMILES string of the molecule is [2H]C(c1ccc(-c2ccc(OC)cc2)nc1)N(C(=O)CC(C)C)c1cc(C=CC(=O)O)n(C)n1. The van der Waals surface area contributed by atoms with Crippen LogP contribution in [0.2, 0.25) is 0 Å². The predicted molar refractivity (Wildman–Crippen MR) is 127 cm³/mol. The van der Waals surface area contributed by atoms with E-state index in [9.17, 15) is 9.59 Å². The smallest absolute Gasteiger partial charge is 0.328 e. The Morgan fingerprint density at radius 2 is 1.97 bits per heavy atom. The average Bonchev–Trinajstić information content (AvgIpc) is 3.17. The van der Waals surface area contributed by atoms with Crippen molar-refractivity contribution in [1.82, 2.24) is 14.8 Å². The number of carbonyl (C=O) groups is 2. The number of hydrogen-bond acceptors (Lipinski definition) is 5. The van der Waals surface area contributed by atoms with Crippen molar-refractivity contribution in [2.24, 2.45) is 13.0 Å². The number of amides is 1. The Morgan fingerprint density at radius 3 is 2.55 bits per heavy atom. The van der Waals surface area contributed by atoms with Crippen LogP contribution in [0.5, 0.6) is 5.75 Å². The fraction of sp³-hybridized carbons (Fsp3) is 0.280. The molecule has 0 saturated heterocycles. The Morgan fingerprint density at radius 1 is 1.24 bits per heavy atom. The first-order valence-electron chi connectivity index (χ1n) is 11.1. The monoisotopic (exact) mass is 449 g/mol. The Labute approximate surface area is 194 Å². The molecule has 0 fully saturated rings. The predicted octanol–water partition coefficient (Wildman–Crippen LogP) is 4.17. The highest BCUT2D eigenvalue weighted by molar-refractivity contribution is 5.93. The molecule has 0 aliphatic rings. The molecule has 0 radical (unpaired) electrons. The van der Waals surface area contributed by atoms with Crippen LogP contribution in [0.4, 0.5) is 5.82 Å². The minimum atomic E-state index is -1.09. The lowest BCUT2D eigenvalue weighted by Crippen LogP contribution is -2.31. The highest BCUT2D eigenvalue weighted by Gasteiger charge is 2.21. The van der Waals surface area contributed by atoms with Gasteiger partial charge in [-0.15, -0.1) is 0 Å². The van der Waals surface area contributed by atoms with Gasteiger partial charge in [-0.3, -0.25) is 19.4 Å². The molecule has 0 aliphatic heterocycles. The van der Waals surface area contributed by atoms with Gasteiger partial charge in [0.05, 0.1) is 26.4 Å². The van der Waals surface area contributed by atoms with E-state index in [2.05, 4.69) is 10.1 Å². The van der Waals surface area contributed by atoms with E-state index in [4.69, 9.17) is 11.2 Å². The summed E-state index contributed by atoms with van der Waals surface area (Å²) >= 11 is 0. The van der Waals surface area contributed by atoms with Gasteiger partial charge in [-0.05, 0) is 47.9 Å². The number of benzene rings is 1. The van der Waals surface area contributed by atoms with Gasteiger partial charge in [-0.1, -0.05) is 19.9 Å². The number of methoxy groups -OCH3 is 1. The third-order valence-corrected chi connectivity index (χ3v) is 4.85. The first-order chi connectivity index (χ1) is 16.2. The van der Waals surface area contributed by atoms with Crippen LogP contribution in [0.25, 0.3) is 17.3 Å². The van der Waals surface area contributed by atoms with Gasteiger partial charge >= 0.3 is 5.97 Å². The maximum atomic E-state index is 13.1. The number of carbonyl (C=O) groups excluding carboxylic acids is 1. The van der Waals surface area contributed by atoms with Crippen LogP contribution in [-0.2, 0) is 23.2 Å². The number of anilines is 1. The molecular weight excluding hydrogens is 420 g/mol. The Hall–Kier alpha value is -3.94. The molecule has 1 N–H and O–H groups in total. The molecule has 0 aliphatic carbocycles. The van der Waals surface area contributed by atoms with Crippen LogP contribution in [-0.4, -0.2) is 38.9 Å². The van der Waals surface area contributed by atoms with E-state index >= 15 is 0 Å². The van der Waals surface area contributed by atoms with Crippen LogP contribution in [0.3, 0.4) is 0 Å². The van der Waals surface area contributed by atoms with Gasteiger partial charge in [0, 0.05) is 37.4 Å². The first kappa shape index (κ1) is 22.3. The molecule has 2 heterocycles. The largest absolute Gasteiger partial charge is 0.497 e. The molecule has 1 amide bonds. The maximum absolute atomic E-state index is 13.1. The fourth-order valence-electron chi connectivity index (χ4n) is 3.17. The summed E-state index contributed by atoms with van der Waals surface area (Å²) < 4.78 is 15.5. The molecule has 1 aromatic carbocycles. The first-order valence-corrected chi connectivity index (χ1v) is 10.5. The van der Waals surface area contributed by atoms with Crippen molar-refractivity contribution >= 4 is 23.8 Å². The average molecular weight is 450 g/mol. The molecule has 3 aromatic rings. The Balaban J connectivity index is 1.92. The van der Waals surface area contributed by atoms with E-state index < -0.39 is 12.5 Å². The highest BCUT2D eigenvalue weighted by atomic mass is 16.5. The number of aliphatic carboxylic acids is 1. The van der Waals surface area contributed by atoms with Gasteiger partial charge in [-0.2, -0.15) is 5.10 Å². The van der Waals surface area contributed by atoms with Crippen molar-refractivity contribution in [2.75, 3.05) is 12.0 Å². The van der Waals surface area contributed by atoms with Crippen molar-refractivity contribution in [2.45, 2.75) is 26.8 Å². The zero-order valence-electron chi connectivity index (χ0n) is 20.1. The molecule has 3 rings (SSSR count). The molecule has 33 heavy (non-hydrogen) atoms. The molecule has 1 unspecified atom stereocenters. The number of hydrogen-bond donors (Lipinski definition) is 1. The van der Waals surface area contributed by atoms with Crippen LogP contribution < -0.4 is 9.64 Å². The maximum Gasteiger partial charge on any atom is 0.328 e. The third-order valence-electron chi connectivity index (χ3n) is 4.85. The lowest BCUT2D eigenvalue weighted by atomic mass is 10.1. The summed E-state index contributed by atoms with van der Waals surface area (Å²) in [6.45, 7) is 2.79. The minimum absolute atomic E-state index is 0.0906. The number of pyridine rings is 1.